The van der Waals surface area contributed by atoms with Crippen LogP contribution in [0.2, 0.25) is 0 Å². The number of nitrogens with zero attached hydrogens (tertiary/aromatic N) is 5. The fraction of sp³-hybridized carbons (Fsp3) is 0.318. The molecular formula is C22H27N9O2. The number of methoxy groups -OCH3 is 1. The van der Waals surface area contributed by atoms with Crippen molar-refractivity contribution >= 4 is 28.8 Å². The van der Waals surface area contributed by atoms with Crippen molar-refractivity contribution in [3.05, 3.63) is 59.6 Å². The van der Waals surface area contributed by atoms with Crippen molar-refractivity contribution in [1.82, 2.24) is 35.3 Å². The van der Waals surface area contributed by atoms with Crippen LogP contribution in [-0.4, -0.2) is 55.5 Å². The lowest BCUT2D eigenvalue weighted by molar-refractivity contribution is 0.0963. The number of carbonyl (C=O) groups excluding carboxylic acids is 1. The number of pyridine rings is 1. The molecule has 1 aliphatic rings. The molecule has 1 aliphatic carbocycles. The van der Waals surface area contributed by atoms with Gasteiger partial charge in [-0.05, 0) is 20.3 Å². The maximum Gasteiger partial charge on any atom is 0.254 e. The number of aryl methyl sites for hydroxylation is 2. The standard InChI is InChI=1S/C22H27N9O2/c1-13-9-18(30-31(13)4)27-17-10-16(15(11-24-17)21(32)23-3)28-22(2)8-6-7-14(19(22)33-5)20-25-12-26-29-20/h6-7,9-12H,8H2,1-5H3,(H,23,32)(H,25,26,29)(H2,24,27,28,30). The lowest BCUT2D eigenvalue weighted by atomic mass is 9.86. The van der Waals surface area contributed by atoms with E-state index in [-0.39, 0.29) is 5.91 Å². The Balaban J connectivity index is 1.73. The highest BCUT2D eigenvalue weighted by atomic mass is 16.5. The Kier molecular flexibility index (Phi) is 5.86. The molecule has 0 saturated carbocycles. The minimum absolute atomic E-state index is 0.251. The molecule has 1 unspecified atom stereocenters. The van der Waals surface area contributed by atoms with E-state index in [0.29, 0.717) is 40.9 Å². The van der Waals surface area contributed by atoms with Gasteiger partial charge in [-0.3, -0.25) is 9.48 Å². The highest BCUT2D eigenvalue weighted by molar-refractivity contribution is 6.00. The van der Waals surface area contributed by atoms with E-state index in [1.807, 2.05) is 39.1 Å². The van der Waals surface area contributed by atoms with Gasteiger partial charge >= 0.3 is 0 Å². The second-order valence-corrected chi connectivity index (χ2v) is 7.96. The number of hydrogen-bond acceptors (Lipinski definition) is 8. The van der Waals surface area contributed by atoms with Crippen molar-refractivity contribution in [2.45, 2.75) is 25.8 Å². The summed E-state index contributed by atoms with van der Waals surface area (Å²) in [6.45, 7) is 3.98. The smallest absolute Gasteiger partial charge is 0.254 e. The van der Waals surface area contributed by atoms with Gasteiger partial charge in [-0.2, -0.15) is 5.10 Å². The molecule has 0 bridgehead atoms. The predicted molar refractivity (Wildman–Crippen MR) is 125 cm³/mol. The SMILES string of the molecule is CNC(=O)c1cnc(Nc2cc(C)n(C)n2)cc1NC1(C)CC=CC(c2nnc[nH]2)=C1OC. The van der Waals surface area contributed by atoms with Gasteiger partial charge in [0.2, 0.25) is 0 Å². The number of nitrogens with one attached hydrogen (secondary N) is 4. The number of anilines is 3. The third kappa shape index (κ3) is 4.29. The Morgan fingerprint density at radius 2 is 2.12 bits per heavy atom. The molecule has 4 N–H and O–H groups in total. The third-order valence-electron chi connectivity index (χ3n) is 5.59. The van der Waals surface area contributed by atoms with Gasteiger partial charge in [-0.25, -0.2) is 4.98 Å². The van der Waals surface area contributed by atoms with Gasteiger partial charge in [0.15, 0.2) is 11.6 Å². The molecule has 1 atom stereocenters. The zero-order chi connectivity index (χ0) is 23.6. The van der Waals surface area contributed by atoms with Crippen molar-refractivity contribution in [2.24, 2.45) is 7.05 Å². The van der Waals surface area contributed by atoms with Crippen LogP contribution in [0.3, 0.4) is 0 Å². The van der Waals surface area contributed by atoms with E-state index >= 15 is 0 Å². The lowest BCUT2D eigenvalue weighted by Gasteiger charge is -2.36. The molecule has 3 aromatic rings. The quantitative estimate of drug-likeness (QED) is 0.432. The monoisotopic (exact) mass is 449 g/mol. The molecule has 33 heavy (non-hydrogen) atoms. The summed E-state index contributed by atoms with van der Waals surface area (Å²) in [5, 5.41) is 21.8. The van der Waals surface area contributed by atoms with E-state index in [1.165, 1.54) is 12.5 Å². The summed E-state index contributed by atoms with van der Waals surface area (Å²) in [4.78, 5) is 20.0. The van der Waals surface area contributed by atoms with Gasteiger partial charge in [0, 0.05) is 38.1 Å². The van der Waals surface area contributed by atoms with Gasteiger partial charge in [-0.1, -0.05) is 12.2 Å². The van der Waals surface area contributed by atoms with Gasteiger partial charge < -0.3 is 25.7 Å². The molecule has 172 valence electrons. The van der Waals surface area contributed by atoms with Gasteiger partial charge in [0.1, 0.15) is 17.9 Å². The number of rotatable bonds is 7. The third-order valence-corrected chi connectivity index (χ3v) is 5.59. The average Bonchev–Trinajstić information content (AvgIpc) is 3.43. The Morgan fingerprint density at radius 3 is 2.76 bits per heavy atom. The number of aromatic amines is 1. The van der Waals surface area contributed by atoms with E-state index in [1.54, 1.807) is 24.9 Å². The molecule has 0 radical (unpaired) electrons. The van der Waals surface area contributed by atoms with Crippen LogP contribution in [0.1, 0.15) is 35.2 Å². The summed E-state index contributed by atoms with van der Waals surface area (Å²) in [6.07, 6.45) is 7.67. The first-order chi connectivity index (χ1) is 15.8. The van der Waals surface area contributed by atoms with E-state index in [0.717, 1.165) is 11.3 Å². The minimum Gasteiger partial charge on any atom is -0.498 e. The summed E-state index contributed by atoms with van der Waals surface area (Å²) in [5.41, 5.74) is 2.15. The number of allylic oxidation sites excluding steroid dienone is 2. The van der Waals surface area contributed by atoms with Crippen LogP contribution in [-0.2, 0) is 11.8 Å². The normalized spacial score (nSPS) is 17.7. The van der Waals surface area contributed by atoms with Gasteiger partial charge in [0.25, 0.3) is 5.91 Å². The van der Waals surface area contributed by atoms with Crippen molar-refractivity contribution < 1.29 is 9.53 Å². The fourth-order valence-electron chi connectivity index (χ4n) is 3.84. The maximum absolute atomic E-state index is 12.6. The Hall–Kier alpha value is -4.15. The Morgan fingerprint density at radius 1 is 1.30 bits per heavy atom. The molecule has 3 aromatic heterocycles. The molecule has 0 aromatic carbocycles. The van der Waals surface area contributed by atoms with Crippen LogP contribution in [0, 0.1) is 6.92 Å². The first kappa shape index (κ1) is 22.1. The molecule has 0 aliphatic heterocycles. The fourth-order valence-corrected chi connectivity index (χ4v) is 3.84. The lowest BCUT2D eigenvalue weighted by Crippen LogP contribution is -2.40. The van der Waals surface area contributed by atoms with E-state index in [4.69, 9.17) is 4.74 Å². The largest absolute Gasteiger partial charge is 0.498 e. The zero-order valence-electron chi connectivity index (χ0n) is 19.2. The van der Waals surface area contributed by atoms with Gasteiger partial charge in [-0.15, -0.1) is 10.2 Å². The first-order valence-corrected chi connectivity index (χ1v) is 10.4. The summed E-state index contributed by atoms with van der Waals surface area (Å²) in [6, 6.07) is 3.71. The number of carbonyl (C=O) groups is 1. The van der Waals surface area contributed by atoms with E-state index < -0.39 is 5.54 Å². The second kappa shape index (κ2) is 8.77. The maximum atomic E-state index is 12.6. The number of ether oxygens (including phenoxy) is 1. The summed E-state index contributed by atoms with van der Waals surface area (Å²) in [5.74, 6) is 2.24. The Labute approximate surface area is 191 Å². The molecule has 11 nitrogen and oxygen atoms in total. The molecule has 0 saturated heterocycles. The summed E-state index contributed by atoms with van der Waals surface area (Å²) >= 11 is 0. The molecule has 4 rings (SSSR count). The average molecular weight is 450 g/mol. The second-order valence-electron chi connectivity index (χ2n) is 7.96. The number of H-pyrrole nitrogens is 1. The van der Waals surface area contributed by atoms with Crippen molar-refractivity contribution in [2.75, 3.05) is 24.8 Å². The number of aromatic nitrogens is 6. The van der Waals surface area contributed by atoms with Crippen LogP contribution in [0.15, 0.2) is 42.6 Å². The summed E-state index contributed by atoms with van der Waals surface area (Å²) < 4.78 is 7.59. The number of hydrogen-bond donors (Lipinski definition) is 4. The molecule has 1 amide bonds. The van der Waals surface area contributed by atoms with Crippen LogP contribution >= 0.6 is 0 Å². The van der Waals surface area contributed by atoms with Crippen LogP contribution in [0.5, 0.6) is 0 Å². The highest BCUT2D eigenvalue weighted by Crippen LogP contribution is 2.37. The van der Waals surface area contributed by atoms with E-state index in [2.05, 4.69) is 41.2 Å². The number of amides is 1. The van der Waals surface area contributed by atoms with Crippen molar-refractivity contribution in [1.29, 1.82) is 0 Å². The molecular weight excluding hydrogens is 422 g/mol. The topological polar surface area (TPSA) is 135 Å². The summed E-state index contributed by atoms with van der Waals surface area (Å²) in [7, 11) is 5.08. The molecule has 11 heteroatoms. The first-order valence-electron chi connectivity index (χ1n) is 10.4. The van der Waals surface area contributed by atoms with Crippen LogP contribution < -0.4 is 16.0 Å². The van der Waals surface area contributed by atoms with E-state index in [9.17, 15) is 4.79 Å². The van der Waals surface area contributed by atoms with Crippen molar-refractivity contribution in [3.8, 4) is 0 Å². The highest BCUT2D eigenvalue weighted by Gasteiger charge is 2.36. The molecule has 0 fully saturated rings. The minimum atomic E-state index is -0.658. The van der Waals surface area contributed by atoms with Crippen LogP contribution in [0.25, 0.3) is 5.57 Å². The predicted octanol–water partition coefficient (Wildman–Crippen LogP) is 2.53. The van der Waals surface area contributed by atoms with Crippen molar-refractivity contribution in [3.63, 3.8) is 0 Å². The van der Waals surface area contributed by atoms with Gasteiger partial charge in [0.05, 0.1) is 29.5 Å². The van der Waals surface area contributed by atoms with Crippen LogP contribution in [0.4, 0.5) is 17.3 Å². The molecule has 0 spiro atoms. The molecule has 3 heterocycles. The Bertz CT molecular complexity index is 1210. The zero-order valence-corrected chi connectivity index (χ0v) is 19.2.